The van der Waals surface area contributed by atoms with Crippen LogP contribution in [0.25, 0.3) is 0 Å². The van der Waals surface area contributed by atoms with Crippen molar-refractivity contribution in [2.45, 2.75) is 38.1 Å². The van der Waals surface area contributed by atoms with E-state index in [2.05, 4.69) is 4.72 Å². The van der Waals surface area contributed by atoms with Crippen molar-refractivity contribution < 1.29 is 17.7 Å². The van der Waals surface area contributed by atoms with Crippen molar-refractivity contribution >= 4 is 15.7 Å². The molecule has 0 radical (unpaired) electrons. The molecule has 0 aliphatic heterocycles. The van der Waals surface area contributed by atoms with Gasteiger partial charge in [-0.3, -0.25) is 10.1 Å². The molecular weight excluding hydrogens is 287 g/mol. The van der Waals surface area contributed by atoms with Crippen LogP contribution >= 0.6 is 0 Å². The minimum atomic E-state index is -3.89. The minimum absolute atomic E-state index is 0.0812. The number of nitrogens with one attached hydrogen (secondary N) is 1. The molecule has 1 atom stereocenters. The second-order valence-electron chi connectivity index (χ2n) is 4.75. The Morgan fingerprint density at radius 1 is 1.40 bits per heavy atom. The van der Waals surface area contributed by atoms with Crippen molar-refractivity contribution in [2.24, 2.45) is 5.92 Å². The lowest BCUT2D eigenvalue weighted by atomic mass is 10.0. The number of nitro benzene ring substituents is 1. The fourth-order valence-electron chi connectivity index (χ4n) is 1.76. The third-order valence-corrected chi connectivity index (χ3v) is 4.46. The number of hydrogen-bond acceptors (Lipinski definition) is 4. The maximum atomic E-state index is 13.5. The fraction of sp³-hybridized carbons (Fsp3) is 0.500. The lowest BCUT2D eigenvalue weighted by molar-refractivity contribution is -0.387. The average molecular weight is 304 g/mol. The maximum Gasteiger partial charge on any atom is 0.304 e. The summed E-state index contributed by atoms with van der Waals surface area (Å²) in [7, 11) is -3.89. The highest BCUT2D eigenvalue weighted by atomic mass is 32.2. The molecule has 0 aliphatic carbocycles. The molecule has 1 aromatic carbocycles. The van der Waals surface area contributed by atoms with Crippen molar-refractivity contribution in [2.75, 3.05) is 0 Å². The van der Waals surface area contributed by atoms with Gasteiger partial charge in [0.15, 0.2) is 0 Å². The zero-order valence-corrected chi connectivity index (χ0v) is 12.3. The summed E-state index contributed by atoms with van der Waals surface area (Å²) < 4.78 is 40.1. The van der Waals surface area contributed by atoms with Crippen molar-refractivity contribution in [3.8, 4) is 0 Å². The van der Waals surface area contributed by atoms with E-state index in [0.29, 0.717) is 12.5 Å². The Morgan fingerprint density at radius 2 is 2.00 bits per heavy atom. The SMILES string of the molecule is CCC(NS(=O)(=O)c1ccc([N+](=O)[O-])c(F)c1)C(C)C. The number of nitrogens with zero attached hydrogens (tertiary/aromatic N) is 1. The molecule has 0 aliphatic rings. The van der Waals surface area contributed by atoms with E-state index in [1.807, 2.05) is 20.8 Å². The Hall–Kier alpha value is -1.54. The smallest absolute Gasteiger partial charge is 0.258 e. The van der Waals surface area contributed by atoms with Crippen LogP contribution < -0.4 is 4.72 Å². The molecule has 8 heteroatoms. The van der Waals surface area contributed by atoms with Crippen LogP contribution in [0.1, 0.15) is 27.2 Å². The highest BCUT2D eigenvalue weighted by Crippen LogP contribution is 2.21. The molecule has 0 saturated carbocycles. The van der Waals surface area contributed by atoms with Gasteiger partial charge >= 0.3 is 5.69 Å². The Kier molecular flexibility index (Phi) is 5.18. The minimum Gasteiger partial charge on any atom is -0.258 e. The third kappa shape index (κ3) is 3.73. The lowest BCUT2D eigenvalue weighted by Crippen LogP contribution is -2.38. The zero-order chi connectivity index (χ0) is 15.5. The van der Waals surface area contributed by atoms with Gasteiger partial charge in [-0.05, 0) is 18.4 Å². The number of benzene rings is 1. The number of rotatable bonds is 6. The summed E-state index contributed by atoms with van der Waals surface area (Å²) in [6.45, 7) is 5.57. The molecule has 0 fully saturated rings. The van der Waals surface area contributed by atoms with Gasteiger partial charge in [0.2, 0.25) is 15.8 Å². The summed E-state index contributed by atoms with van der Waals surface area (Å²) in [5.41, 5.74) is -0.750. The lowest BCUT2D eigenvalue weighted by Gasteiger charge is -2.20. The topological polar surface area (TPSA) is 89.3 Å². The van der Waals surface area contributed by atoms with Gasteiger partial charge in [0.25, 0.3) is 0 Å². The Bertz CT molecular complexity index is 601. The van der Waals surface area contributed by atoms with Crippen molar-refractivity contribution in [1.82, 2.24) is 4.72 Å². The number of sulfonamides is 1. The van der Waals surface area contributed by atoms with E-state index in [9.17, 15) is 22.9 Å². The first-order valence-corrected chi connectivity index (χ1v) is 7.63. The van der Waals surface area contributed by atoms with Crippen LogP contribution in [-0.2, 0) is 10.0 Å². The molecule has 0 amide bonds. The van der Waals surface area contributed by atoms with Crippen molar-refractivity contribution in [3.05, 3.63) is 34.1 Å². The highest BCUT2D eigenvalue weighted by Gasteiger charge is 2.24. The van der Waals surface area contributed by atoms with Gasteiger partial charge in [-0.2, -0.15) is 4.39 Å². The molecule has 0 bridgehead atoms. The zero-order valence-electron chi connectivity index (χ0n) is 11.5. The second kappa shape index (κ2) is 6.27. The van der Waals surface area contributed by atoms with Crippen LogP contribution in [0.15, 0.2) is 23.1 Å². The summed E-state index contributed by atoms with van der Waals surface area (Å²) in [5.74, 6) is -1.09. The Labute approximate surface area is 117 Å². The van der Waals surface area contributed by atoms with Gasteiger partial charge < -0.3 is 0 Å². The third-order valence-electron chi connectivity index (χ3n) is 2.98. The largest absolute Gasteiger partial charge is 0.304 e. The normalized spacial score (nSPS) is 13.4. The Balaban J connectivity index is 3.10. The first kappa shape index (κ1) is 16.5. The molecule has 0 saturated heterocycles. The van der Waals surface area contributed by atoms with Crippen LogP contribution in [0, 0.1) is 21.8 Å². The predicted molar refractivity (Wildman–Crippen MR) is 72.3 cm³/mol. The first-order valence-electron chi connectivity index (χ1n) is 6.15. The van der Waals surface area contributed by atoms with E-state index in [1.54, 1.807) is 0 Å². The fourth-order valence-corrected chi connectivity index (χ4v) is 3.24. The van der Waals surface area contributed by atoms with E-state index in [0.717, 1.165) is 12.1 Å². The van der Waals surface area contributed by atoms with Crippen LogP contribution in [0.3, 0.4) is 0 Å². The quantitative estimate of drug-likeness (QED) is 0.645. The summed E-state index contributed by atoms with van der Waals surface area (Å²) in [6.07, 6.45) is 0.590. The number of hydrogen-bond donors (Lipinski definition) is 1. The maximum absolute atomic E-state index is 13.5. The van der Waals surface area contributed by atoms with Crippen LogP contribution in [0.4, 0.5) is 10.1 Å². The van der Waals surface area contributed by atoms with Gasteiger partial charge in [0.1, 0.15) is 0 Å². The molecule has 0 spiro atoms. The monoisotopic (exact) mass is 304 g/mol. The van der Waals surface area contributed by atoms with Crippen LogP contribution in [-0.4, -0.2) is 19.4 Å². The molecule has 0 heterocycles. The first-order chi connectivity index (χ1) is 9.19. The molecule has 1 rings (SSSR count). The average Bonchev–Trinajstić information content (AvgIpc) is 2.35. The number of halogens is 1. The van der Waals surface area contributed by atoms with Crippen LogP contribution in [0.2, 0.25) is 0 Å². The van der Waals surface area contributed by atoms with Gasteiger partial charge in [0.05, 0.1) is 9.82 Å². The van der Waals surface area contributed by atoms with Crippen molar-refractivity contribution in [1.29, 1.82) is 0 Å². The molecule has 1 N–H and O–H groups in total. The molecule has 1 unspecified atom stereocenters. The molecular formula is C12H17FN2O4S. The summed E-state index contributed by atoms with van der Waals surface area (Å²) >= 11 is 0. The van der Waals surface area contributed by atoms with E-state index in [4.69, 9.17) is 0 Å². The second-order valence-corrected chi connectivity index (χ2v) is 6.46. The molecule has 1 aromatic rings. The summed E-state index contributed by atoms with van der Waals surface area (Å²) in [6, 6.07) is 2.25. The van der Waals surface area contributed by atoms with Gasteiger partial charge in [-0.1, -0.05) is 20.8 Å². The van der Waals surface area contributed by atoms with E-state index < -0.39 is 26.5 Å². The highest BCUT2D eigenvalue weighted by molar-refractivity contribution is 7.89. The summed E-state index contributed by atoms with van der Waals surface area (Å²) in [4.78, 5) is 9.28. The van der Waals surface area contributed by atoms with Gasteiger partial charge in [0, 0.05) is 18.2 Å². The summed E-state index contributed by atoms with van der Waals surface area (Å²) in [5, 5.41) is 10.5. The molecule has 20 heavy (non-hydrogen) atoms. The van der Waals surface area contributed by atoms with Crippen LogP contribution in [0.5, 0.6) is 0 Å². The van der Waals surface area contributed by atoms with Gasteiger partial charge in [-0.25, -0.2) is 13.1 Å². The van der Waals surface area contributed by atoms with E-state index in [1.165, 1.54) is 0 Å². The predicted octanol–water partition coefficient (Wildman–Crippen LogP) is 2.45. The van der Waals surface area contributed by atoms with E-state index in [-0.39, 0.29) is 16.9 Å². The Morgan fingerprint density at radius 3 is 2.40 bits per heavy atom. The molecule has 6 nitrogen and oxygen atoms in total. The molecule has 112 valence electrons. The molecule has 0 aromatic heterocycles. The van der Waals surface area contributed by atoms with Crippen molar-refractivity contribution in [3.63, 3.8) is 0 Å². The van der Waals surface area contributed by atoms with E-state index >= 15 is 0 Å². The number of nitro groups is 1. The van der Waals surface area contributed by atoms with Gasteiger partial charge in [-0.15, -0.1) is 0 Å². The standard InChI is InChI=1S/C12H17FN2O4S/c1-4-11(8(2)3)14-20(18,19)9-5-6-12(15(16)17)10(13)7-9/h5-8,11,14H,4H2,1-3H3.